The van der Waals surface area contributed by atoms with Crippen molar-refractivity contribution in [3.05, 3.63) is 36.3 Å². The molecule has 1 amide bonds. The highest BCUT2D eigenvalue weighted by molar-refractivity contribution is 5.94. The number of pyridine rings is 1. The van der Waals surface area contributed by atoms with Gasteiger partial charge >= 0.3 is 0 Å². The Labute approximate surface area is 118 Å². The van der Waals surface area contributed by atoms with E-state index in [4.69, 9.17) is 0 Å². The molecular formula is C15H20N4O. The molecule has 2 aromatic heterocycles. The highest BCUT2D eigenvalue weighted by Gasteiger charge is 2.13. The molecule has 5 nitrogen and oxygen atoms in total. The van der Waals surface area contributed by atoms with Crippen molar-refractivity contribution in [2.24, 2.45) is 5.92 Å². The van der Waals surface area contributed by atoms with Crippen LogP contribution in [-0.2, 0) is 0 Å². The third-order valence-electron chi connectivity index (χ3n) is 3.89. The molecule has 1 atom stereocenters. The van der Waals surface area contributed by atoms with E-state index in [2.05, 4.69) is 15.6 Å². The lowest BCUT2D eigenvalue weighted by Gasteiger charge is -2.22. The summed E-state index contributed by atoms with van der Waals surface area (Å²) in [6.07, 6.45) is 8.96. The van der Waals surface area contributed by atoms with Crippen LogP contribution in [0.3, 0.4) is 0 Å². The summed E-state index contributed by atoms with van der Waals surface area (Å²) >= 11 is 0. The average molecular weight is 272 g/mol. The van der Waals surface area contributed by atoms with Gasteiger partial charge in [-0.05, 0) is 50.4 Å². The summed E-state index contributed by atoms with van der Waals surface area (Å²) < 4.78 is 1.86. The number of fused-ring (bicyclic) bond motifs is 1. The molecule has 5 heteroatoms. The molecule has 0 aromatic carbocycles. The van der Waals surface area contributed by atoms with Crippen LogP contribution in [0.1, 0.15) is 29.6 Å². The maximum atomic E-state index is 12.1. The van der Waals surface area contributed by atoms with Crippen LogP contribution in [-0.4, -0.2) is 34.9 Å². The largest absolute Gasteiger partial charge is 0.352 e. The van der Waals surface area contributed by atoms with Gasteiger partial charge in [0.25, 0.3) is 5.91 Å². The molecule has 0 aliphatic carbocycles. The molecule has 0 saturated carbocycles. The molecule has 1 unspecified atom stereocenters. The van der Waals surface area contributed by atoms with Crippen LogP contribution in [0.5, 0.6) is 0 Å². The van der Waals surface area contributed by atoms with E-state index in [-0.39, 0.29) is 5.91 Å². The molecular weight excluding hydrogens is 252 g/mol. The number of hydrogen-bond donors (Lipinski definition) is 2. The van der Waals surface area contributed by atoms with Gasteiger partial charge in [-0.25, -0.2) is 4.98 Å². The Hall–Kier alpha value is -1.88. The van der Waals surface area contributed by atoms with Crippen molar-refractivity contribution in [3.63, 3.8) is 0 Å². The standard InChI is InChI=1S/C15H20N4O/c20-15(18-7-5-12-2-1-6-16-10-12)13-3-4-14-17-8-9-19(14)11-13/h3-4,8-9,11-12,16H,1-2,5-7,10H2,(H,18,20). The number of piperidine rings is 1. The Kier molecular flexibility index (Phi) is 3.97. The molecule has 0 spiro atoms. The first kappa shape index (κ1) is 13.1. The summed E-state index contributed by atoms with van der Waals surface area (Å²) in [6.45, 7) is 2.96. The van der Waals surface area contributed by atoms with E-state index >= 15 is 0 Å². The minimum Gasteiger partial charge on any atom is -0.352 e. The van der Waals surface area contributed by atoms with Crippen molar-refractivity contribution in [2.75, 3.05) is 19.6 Å². The number of hydrogen-bond acceptors (Lipinski definition) is 3. The molecule has 1 aliphatic rings. The lowest BCUT2D eigenvalue weighted by molar-refractivity contribution is 0.0950. The van der Waals surface area contributed by atoms with Crippen LogP contribution in [0, 0.1) is 5.92 Å². The van der Waals surface area contributed by atoms with Crippen molar-refractivity contribution in [1.82, 2.24) is 20.0 Å². The summed E-state index contributed by atoms with van der Waals surface area (Å²) in [4.78, 5) is 16.3. The molecule has 106 valence electrons. The number of carbonyl (C=O) groups excluding carboxylic acids is 1. The number of carbonyl (C=O) groups is 1. The molecule has 2 N–H and O–H groups in total. The van der Waals surface area contributed by atoms with Gasteiger partial charge in [0.2, 0.25) is 0 Å². The first-order valence-electron chi connectivity index (χ1n) is 7.24. The van der Waals surface area contributed by atoms with E-state index in [1.165, 1.54) is 12.8 Å². The van der Waals surface area contributed by atoms with Crippen LogP contribution in [0.2, 0.25) is 0 Å². The molecule has 3 rings (SSSR count). The van der Waals surface area contributed by atoms with Crippen molar-refractivity contribution in [3.8, 4) is 0 Å². The van der Waals surface area contributed by atoms with Gasteiger partial charge in [0.15, 0.2) is 0 Å². The molecule has 20 heavy (non-hydrogen) atoms. The lowest BCUT2D eigenvalue weighted by Crippen LogP contribution is -2.33. The first-order chi connectivity index (χ1) is 9.83. The zero-order valence-electron chi connectivity index (χ0n) is 11.5. The quantitative estimate of drug-likeness (QED) is 0.886. The fraction of sp³-hybridized carbons (Fsp3) is 0.467. The van der Waals surface area contributed by atoms with E-state index < -0.39 is 0 Å². The SMILES string of the molecule is O=C(NCCC1CCCNC1)c1ccc2nccn2c1. The predicted octanol–water partition coefficient (Wildman–Crippen LogP) is 1.45. The number of aromatic nitrogens is 2. The van der Waals surface area contributed by atoms with Gasteiger partial charge in [-0.1, -0.05) is 0 Å². The maximum Gasteiger partial charge on any atom is 0.252 e. The first-order valence-corrected chi connectivity index (χ1v) is 7.24. The third-order valence-corrected chi connectivity index (χ3v) is 3.89. The minimum absolute atomic E-state index is 0.00984. The van der Waals surface area contributed by atoms with Crippen LogP contribution in [0.25, 0.3) is 5.65 Å². The summed E-state index contributed by atoms with van der Waals surface area (Å²) in [7, 11) is 0. The van der Waals surface area contributed by atoms with E-state index in [0.717, 1.165) is 31.7 Å². The molecule has 3 heterocycles. The van der Waals surface area contributed by atoms with E-state index in [1.807, 2.05) is 28.9 Å². The van der Waals surface area contributed by atoms with Gasteiger partial charge in [-0.3, -0.25) is 4.79 Å². The molecule has 1 aliphatic heterocycles. The fourth-order valence-electron chi connectivity index (χ4n) is 2.72. The van der Waals surface area contributed by atoms with Crippen LogP contribution >= 0.6 is 0 Å². The highest BCUT2D eigenvalue weighted by Crippen LogP contribution is 2.13. The zero-order valence-corrected chi connectivity index (χ0v) is 11.5. The predicted molar refractivity (Wildman–Crippen MR) is 77.7 cm³/mol. The van der Waals surface area contributed by atoms with Gasteiger partial charge in [0.1, 0.15) is 5.65 Å². The number of nitrogens with one attached hydrogen (secondary N) is 2. The Morgan fingerprint density at radius 3 is 3.30 bits per heavy atom. The Morgan fingerprint density at radius 1 is 1.50 bits per heavy atom. The van der Waals surface area contributed by atoms with Gasteiger partial charge in [-0.15, -0.1) is 0 Å². The van der Waals surface area contributed by atoms with Crippen molar-refractivity contribution < 1.29 is 4.79 Å². The van der Waals surface area contributed by atoms with Crippen LogP contribution in [0.15, 0.2) is 30.7 Å². The second-order valence-electron chi connectivity index (χ2n) is 5.37. The van der Waals surface area contributed by atoms with Crippen molar-refractivity contribution in [2.45, 2.75) is 19.3 Å². The average Bonchev–Trinajstić information content (AvgIpc) is 2.95. The van der Waals surface area contributed by atoms with E-state index in [0.29, 0.717) is 11.5 Å². The molecule has 0 bridgehead atoms. The maximum absolute atomic E-state index is 12.1. The number of nitrogens with zero attached hydrogens (tertiary/aromatic N) is 2. The summed E-state index contributed by atoms with van der Waals surface area (Å²) in [6, 6.07) is 3.68. The van der Waals surface area contributed by atoms with Gasteiger partial charge < -0.3 is 15.0 Å². The minimum atomic E-state index is -0.00984. The second kappa shape index (κ2) is 6.05. The highest BCUT2D eigenvalue weighted by atomic mass is 16.1. The van der Waals surface area contributed by atoms with Gasteiger partial charge in [0, 0.05) is 25.1 Å². The lowest BCUT2D eigenvalue weighted by atomic mass is 9.96. The van der Waals surface area contributed by atoms with Gasteiger partial charge in [-0.2, -0.15) is 0 Å². The number of imidazole rings is 1. The molecule has 2 aromatic rings. The molecule has 0 radical (unpaired) electrons. The molecule has 1 fully saturated rings. The summed E-state index contributed by atoms with van der Waals surface area (Å²) in [5, 5.41) is 6.40. The summed E-state index contributed by atoms with van der Waals surface area (Å²) in [5.41, 5.74) is 1.53. The molecule has 1 saturated heterocycles. The third kappa shape index (κ3) is 2.99. The topological polar surface area (TPSA) is 58.4 Å². The van der Waals surface area contributed by atoms with Gasteiger partial charge in [0.05, 0.1) is 5.56 Å². The zero-order chi connectivity index (χ0) is 13.8. The van der Waals surface area contributed by atoms with Crippen molar-refractivity contribution in [1.29, 1.82) is 0 Å². The normalized spacial score (nSPS) is 19.1. The summed E-state index contributed by atoms with van der Waals surface area (Å²) in [5.74, 6) is 0.685. The second-order valence-corrected chi connectivity index (χ2v) is 5.37. The Balaban J connectivity index is 1.53. The number of rotatable bonds is 4. The monoisotopic (exact) mass is 272 g/mol. The van der Waals surface area contributed by atoms with E-state index in [1.54, 1.807) is 6.20 Å². The fourth-order valence-corrected chi connectivity index (χ4v) is 2.72. The number of amides is 1. The Bertz CT molecular complexity index is 586. The van der Waals surface area contributed by atoms with E-state index in [9.17, 15) is 4.79 Å². The van der Waals surface area contributed by atoms with Crippen molar-refractivity contribution >= 4 is 11.6 Å². The van der Waals surface area contributed by atoms with Crippen LogP contribution < -0.4 is 10.6 Å². The smallest absolute Gasteiger partial charge is 0.252 e. The Morgan fingerprint density at radius 2 is 2.45 bits per heavy atom. The van der Waals surface area contributed by atoms with Crippen LogP contribution in [0.4, 0.5) is 0 Å².